The first-order chi connectivity index (χ1) is 14.7. The summed E-state index contributed by atoms with van der Waals surface area (Å²) in [6, 6.07) is 23.6. The van der Waals surface area contributed by atoms with E-state index >= 15 is 0 Å². The summed E-state index contributed by atoms with van der Waals surface area (Å²) in [5.74, 6) is 0.316. The highest BCUT2D eigenvalue weighted by Gasteiger charge is 2.53. The van der Waals surface area contributed by atoms with Crippen LogP contribution in [0.2, 0.25) is 5.04 Å². The number of hydrogen-bond donors (Lipinski definition) is 0. The van der Waals surface area contributed by atoms with E-state index in [1.807, 2.05) is 0 Å². The first-order valence-corrected chi connectivity index (χ1v) is 13.3. The minimum absolute atomic E-state index is 0.0568. The van der Waals surface area contributed by atoms with Crippen molar-refractivity contribution in [3.05, 3.63) is 60.7 Å². The molecule has 0 aromatic heterocycles. The second kappa shape index (κ2) is 9.50. The van der Waals surface area contributed by atoms with Gasteiger partial charge in [0.05, 0.1) is 12.2 Å². The van der Waals surface area contributed by atoms with Gasteiger partial charge in [-0.25, -0.2) is 0 Å². The van der Waals surface area contributed by atoms with Gasteiger partial charge in [0, 0.05) is 19.3 Å². The van der Waals surface area contributed by atoms with Gasteiger partial charge in [0.1, 0.15) is 5.78 Å². The molecule has 164 valence electrons. The van der Waals surface area contributed by atoms with Gasteiger partial charge in [-0.15, -0.1) is 0 Å². The molecule has 2 atom stereocenters. The number of Topliss-reactive ketones (excluding diaryl/α,β-unsaturated/α-hetero) is 1. The predicted octanol–water partition coefficient (Wildman–Crippen LogP) is 5.38. The van der Waals surface area contributed by atoms with Gasteiger partial charge in [0.25, 0.3) is 8.32 Å². The molecule has 4 heteroatoms. The van der Waals surface area contributed by atoms with Crippen molar-refractivity contribution in [2.24, 2.45) is 5.41 Å². The number of ketones is 1. The summed E-state index contributed by atoms with van der Waals surface area (Å²) in [6.07, 6.45) is 3.86. The summed E-state index contributed by atoms with van der Waals surface area (Å²) in [5, 5.41) is 11.7. The van der Waals surface area contributed by atoms with Gasteiger partial charge in [0.2, 0.25) is 0 Å². The summed E-state index contributed by atoms with van der Waals surface area (Å²) in [6.45, 7) is 9.08. The minimum Gasteiger partial charge on any atom is -0.404 e. The molecule has 0 N–H and O–H groups in total. The fourth-order valence-electron chi connectivity index (χ4n) is 5.08. The lowest BCUT2D eigenvalue weighted by Gasteiger charge is -2.48. The van der Waals surface area contributed by atoms with Gasteiger partial charge in [-0.2, -0.15) is 5.26 Å². The molecule has 2 aromatic carbocycles. The Labute approximate surface area is 188 Å². The van der Waals surface area contributed by atoms with Crippen molar-refractivity contribution < 1.29 is 9.22 Å². The number of carbonyl (C=O) groups excluding carboxylic acids is 1. The maximum absolute atomic E-state index is 12.4. The Morgan fingerprint density at radius 3 is 2.06 bits per heavy atom. The zero-order chi connectivity index (χ0) is 22.5. The Balaban J connectivity index is 2.17. The van der Waals surface area contributed by atoms with E-state index in [1.165, 1.54) is 10.4 Å². The van der Waals surface area contributed by atoms with E-state index in [1.54, 1.807) is 0 Å². The van der Waals surface area contributed by atoms with Crippen LogP contribution in [0, 0.1) is 16.7 Å². The topological polar surface area (TPSA) is 50.1 Å². The molecule has 1 fully saturated rings. The van der Waals surface area contributed by atoms with Crippen LogP contribution in [-0.4, -0.2) is 20.2 Å². The SMILES string of the molecule is CC(C)(C)[Si](O[C@H]1CCC(=O)CC[C@@]1(C)CCC#N)(c1ccccc1)c1ccccc1. The smallest absolute Gasteiger partial charge is 0.261 e. The molecule has 2 aromatic rings. The molecule has 0 unspecified atom stereocenters. The van der Waals surface area contributed by atoms with Crippen molar-refractivity contribution in [3.8, 4) is 6.07 Å². The maximum atomic E-state index is 12.4. The van der Waals surface area contributed by atoms with E-state index in [0.29, 0.717) is 25.0 Å². The molecule has 3 rings (SSSR count). The predicted molar refractivity (Wildman–Crippen MR) is 129 cm³/mol. The molecule has 3 nitrogen and oxygen atoms in total. The summed E-state index contributed by atoms with van der Waals surface area (Å²) < 4.78 is 7.43. The van der Waals surface area contributed by atoms with Crippen LogP contribution in [0.25, 0.3) is 0 Å². The number of hydrogen-bond acceptors (Lipinski definition) is 3. The summed E-state index contributed by atoms with van der Waals surface area (Å²) in [5.41, 5.74) is -0.186. The number of nitriles is 1. The van der Waals surface area contributed by atoms with Gasteiger partial charge in [0.15, 0.2) is 0 Å². The zero-order valence-electron chi connectivity index (χ0n) is 19.4. The van der Waals surface area contributed by atoms with Crippen LogP contribution in [0.4, 0.5) is 0 Å². The Hall–Kier alpha value is -2.22. The van der Waals surface area contributed by atoms with E-state index in [-0.39, 0.29) is 16.6 Å². The van der Waals surface area contributed by atoms with E-state index in [9.17, 15) is 10.1 Å². The molecule has 0 saturated heterocycles. The molecule has 31 heavy (non-hydrogen) atoms. The van der Waals surface area contributed by atoms with Crippen LogP contribution in [-0.2, 0) is 9.22 Å². The fourth-order valence-corrected chi connectivity index (χ4v) is 9.93. The third-order valence-corrected chi connectivity index (χ3v) is 12.0. The van der Waals surface area contributed by atoms with Crippen LogP contribution in [0.5, 0.6) is 0 Å². The molecule has 0 spiro atoms. The molecule has 1 aliphatic carbocycles. The average molecular weight is 434 g/mol. The van der Waals surface area contributed by atoms with Crippen LogP contribution >= 0.6 is 0 Å². The van der Waals surface area contributed by atoms with Crippen molar-refractivity contribution >= 4 is 24.5 Å². The van der Waals surface area contributed by atoms with Crippen molar-refractivity contribution in [2.45, 2.75) is 77.4 Å². The van der Waals surface area contributed by atoms with Gasteiger partial charge in [-0.3, -0.25) is 4.79 Å². The quantitative estimate of drug-likeness (QED) is 0.454. The number of carbonyl (C=O) groups is 1. The maximum Gasteiger partial charge on any atom is 0.261 e. The lowest BCUT2D eigenvalue weighted by molar-refractivity contribution is -0.119. The first kappa shape index (κ1) is 23.4. The molecule has 1 aliphatic rings. The lowest BCUT2D eigenvalue weighted by atomic mass is 9.76. The van der Waals surface area contributed by atoms with E-state index in [2.05, 4.69) is 94.4 Å². The van der Waals surface area contributed by atoms with Crippen LogP contribution in [0.1, 0.15) is 66.2 Å². The number of nitrogens with zero attached hydrogens (tertiary/aromatic N) is 1. The Morgan fingerprint density at radius 1 is 1.03 bits per heavy atom. The molecule has 0 radical (unpaired) electrons. The van der Waals surface area contributed by atoms with Crippen LogP contribution in [0.3, 0.4) is 0 Å². The minimum atomic E-state index is -2.70. The second-order valence-electron chi connectivity index (χ2n) is 10.2. The average Bonchev–Trinajstić information content (AvgIpc) is 2.90. The molecular weight excluding hydrogens is 398 g/mol. The van der Waals surface area contributed by atoms with Crippen LogP contribution in [0.15, 0.2) is 60.7 Å². The fraction of sp³-hybridized carbons (Fsp3) is 0.481. The Morgan fingerprint density at radius 2 is 1.58 bits per heavy atom. The largest absolute Gasteiger partial charge is 0.404 e. The normalized spacial score (nSPS) is 22.5. The van der Waals surface area contributed by atoms with Gasteiger partial charge in [-0.1, -0.05) is 88.4 Å². The summed E-state index contributed by atoms with van der Waals surface area (Å²) >= 11 is 0. The highest BCUT2D eigenvalue weighted by molar-refractivity contribution is 6.99. The molecule has 0 aliphatic heterocycles. The highest BCUT2D eigenvalue weighted by Crippen LogP contribution is 2.45. The molecule has 0 bridgehead atoms. The van der Waals surface area contributed by atoms with Gasteiger partial charge >= 0.3 is 0 Å². The molecule has 1 saturated carbocycles. The zero-order valence-corrected chi connectivity index (χ0v) is 20.4. The third kappa shape index (κ3) is 4.84. The lowest BCUT2D eigenvalue weighted by Crippen LogP contribution is -2.68. The first-order valence-electron chi connectivity index (χ1n) is 11.4. The summed E-state index contributed by atoms with van der Waals surface area (Å²) in [7, 11) is -2.70. The Bertz CT molecular complexity index is 874. The highest BCUT2D eigenvalue weighted by atomic mass is 28.4. The van der Waals surface area contributed by atoms with Gasteiger partial charge < -0.3 is 4.43 Å². The monoisotopic (exact) mass is 433 g/mol. The number of benzene rings is 2. The van der Waals surface area contributed by atoms with Crippen molar-refractivity contribution in [1.82, 2.24) is 0 Å². The standard InChI is InChI=1S/C27H35NO2Si/c1-26(2,3)31(23-12-7-5-8-13-23,24-14-9-6-10-15-24)30-25-17-16-22(29)18-20-27(25,4)19-11-21-28/h5-10,12-15,25H,11,16-20H2,1-4H3/t25-,27+/m0/s1. The number of rotatable bonds is 6. The van der Waals surface area contributed by atoms with Crippen molar-refractivity contribution in [1.29, 1.82) is 5.26 Å². The van der Waals surface area contributed by atoms with E-state index in [0.717, 1.165) is 19.3 Å². The molecular formula is C27H35NO2Si. The van der Waals surface area contributed by atoms with Gasteiger partial charge in [-0.05, 0) is 40.1 Å². The van der Waals surface area contributed by atoms with E-state index < -0.39 is 8.32 Å². The summed E-state index contributed by atoms with van der Waals surface area (Å²) in [4.78, 5) is 12.4. The Kier molecular flexibility index (Phi) is 7.19. The van der Waals surface area contributed by atoms with E-state index in [4.69, 9.17) is 4.43 Å². The molecule has 0 heterocycles. The molecule has 0 amide bonds. The second-order valence-corrected chi connectivity index (χ2v) is 14.4. The van der Waals surface area contributed by atoms with Crippen LogP contribution < -0.4 is 10.4 Å². The van der Waals surface area contributed by atoms with Crippen molar-refractivity contribution in [3.63, 3.8) is 0 Å². The van der Waals surface area contributed by atoms with Crippen molar-refractivity contribution in [2.75, 3.05) is 0 Å². The third-order valence-electron chi connectivity index (χ3n) is 6.98.